The zero-order chi connectivity index (χ0) is 12.0. The summed E-state index contributed by atoms with van der Waals surface area (Å²) in [5, 5.41) is 6.16. The fraction of sp³-hybridized carbons (Fsp3) is 0.917. The molecule has 1 rings (SSSR count). The molecule has 94 valence electrons. The highest BCUT2D eigenvalue weighted by Gasteiger charge is 2.23. The molecule has 0 bridgehead atoms. The van der Waals surface area contributed by atoms with E-state index in [4.69, 9.17) is 0 Å². The fourth-order valence-electron chi connectivity index (χ4n) is 2.29. The van der Waals surface area contributed by atoms with E-state index in [2.05, 4.69) is 15.5 Å². The van der Waals surface area contributed by atoms with Crippen LogP contribution in [-0.2, 0) is 4.79 Å². The summed E-state index contributed by atoms with van der Waals surface area (Å²) in [6.45, 7) is 6.58. The van der Waals surface area contributed by atoms with Crippen LogP contribution in [0.15, 0.2) is 0 Å². The van der Waals surface area contributed by atoms with E-state index in [-0.39, 0.29) is 11.9 Å². The summed E-state index contributed by atoms with van der Waals surface area (Å²) in [4.78, 5) is 14.0. The third-order valence-corrected chi connectivity index (χ3v) is 2.99. The molecule has 1 fully saturated rings. The normalized spacial score (nSPS) is 22.4. The Labute approximate surface area is 98.8 Å². The highest BCUT2D eigenvalue weighted by molar-refractivity contribution is 5.78. The summed E-state index contributed by atoms with van der Waals surface area (Å²) in [5.41, 5.74) is 0. The molecule has 4 nitrogen and oxygen atoms in total. The maximum atomic E-state index is 11.7. The predicted octanol–water partition coefficient (Wildman–Crippen LogP) is 0.585. The number of hydrogen-bond donors (Lipinski definition) is 2. The van der Waals surface area contributed by atoms with Crippen molar-refractivity contribution in [1.82, 2.24) is 15.5 Å². The Morgan fingerprint density at radius 3 is 2.81 bits per heavy atom. The molecule has 1 atom stereocenters. The maximum Gasteiger partial charge on any atom is 0.234 e. The van der Waals surface area contributed by atoms with Crippen LogP contribution in [0.25, 0.3) is 0 Å². The predicted molar refractivity (Wildman–Crippen MR) is 66.4 cm³/mol. The number of nitrogens with zero attached hydrogens (tertiary/aromatic N) is 1. The lowest BCUT2D eigenvalue weighted by Gasteiger charge is -2.35. The highest BCUT2D eigenvalue weighted by atomic mass is 16.2. The molecule has 1 amide bonds. The van der Waals surface area contributed by atoms with E-state index in [0.29, 0.717) is 12.6 Å². The second-order valence-corrected chi connectivity index (χ2v) is 4.90. The number of likely N-dealkylation sites (N-methyl/N-ethyl adjacent to an activating group) is 1. The lowest BCUT2D eigenvalue weighted by molar-refractivity contribution is -0.123. The molecule has 0 spiro atoms. The van der Waals surface area contributed by atoms with Gasteiger partial charge in [0.2, 0.25) is 5.91 Å². The quantitative estimate of drug-likeness (QED) is 0.722. The molecule has 1 saturated heterocycles. The van der Waals surface area contributed by atoms with E-state index in [1.807, 2.05) is 20.9 Å². The molecule has 1 aliphatic heterocycles. The number of carbonyl (C=O) groups is 1. The summed E-state index contributed by atoms with van der Waals surface area (Å²) in [6, 6.07) is 0.761. The summed E-state index contributed by atoms with van der Waals surface area (Å²) in [6.07, 6.45) is 3.71. The molecule has 4 heteroatoms. The van der Waals surface area contributed by atoms with E-state index in [1.165, 1.54) is 19.3 Å². The van der Waals surface area contributed by atoms with Gasteiger partial charge in [-0.2, -0.15) is 0 Å². The Morgan fingerprint density at radius 1 is 1.44 bits per heavy atom. The summed E-state index contributed by atoms with van der Waals surface area (Å²) < 4.78 is 0. The molecule has 2 N–H and O–H groups in total. The largest absolute Gasteiger partial charge is 0.353 e. The minimum atomic E-state index is 0.151. The van der Waals surface area contributed by atoms with Crippen molar-refractivity contribution in [3.63, 3.8) is 0 Å². The first-order valence-electron chi connectivity index (χ1n) is 6.31. The molecule has 0 aromatic carbocycles. The average molecular weight is 227 g/mol. The molecule has 0 aromatic heterocycles. The maximum absolute atomic E-state index is 11.7. The van der Waals surface area contributed by atoms with Gasteiger partial charge in [-0.15, -0.1) is 0 Å². The van der Waals surface area contributed by atoms with Gasteiger partial charge < -0.3 is 10.6 Å². The van der Waals surface area contributed by atoms with E-state index < -0.39 is 0 Å². The Balaban J connectivity index is 2.39. The minimum Gasteiger partial charge on any atom is -0.353 e. The van der Waals surface area contributed by atoms with Gasteiger partial charge in [-0.05, 0) is 40.3 Å². The molecule has 1 heterocycles. The molecule has 0 radical (unpaired) electrons. The van der Waals surface area contributed by atoms with Gasteiger partial charge in [0.05, 0.1) is 6.54 Å². The second-order valence-electron chi connectivity index (χ2n) is 4.90. The third-order valence-electron chi connectivity index (χ3n) is 2.99. The molecule has 16 heavy (non-hydrogen) atoms. The van der Waals surface area contributed by atoms with Gasteiger partial charge in [-0.1, -0.05) is 6.42 Å². The smallest absolute Gasteiger partial charge is 0.234 e. The first-order chi connectivity index (χ1) is 7.63. The third kappa shape index (κ3) is 4.49. The standard InChI is InChI=1S/C12H25N3O/c1-10(2)14-12(16)9-15-7-5-4-6-11(15)8-13-3/h10-11,13H,4-9H2,1-3H3,(H,14,16). The zero-order valence-corrected chi connectivity index (χ0v) is 10.8. The molecular weight excluding hydrogens is 202 g/mol. The van der Waals surface area contributed by atoms with Gasteiger partial charge in [0.25, 0.3) is 0 Å². The Morgan fingerprint density at radius 2 is 2.19 bits per heavy atom. The van der Waals surface area contributed by atoms with Gasteiger partial charge in [0.15, 0.2) is 0 Å². The van der Waals surface area contributed by atoms with E-state index in [9.17, 15) is 4.79 Å². The topological polar surface area (TPSA) is 44.4 Å². The van der Waals surface area contributed by atoms with Crippen LogP contribution in [0.1, 0.15) is 33.1 Å². The molecule has 1 unspecified atom stereocenters. The number of rotatable bonds is 5. The van der Waals surface area contributed by atoms with Crippen molar-refractivity contribution >= 4 is 5.91 Å². The number of hydrogen-bond acceptors (Lipinski definition) is 3. The van der Waals surface area contributed by atoms with E-state index in [1.54, 1.807) is 0 Å². The molecule has 1 aliphatic rings. The first kappa shape index (κ1) is 13.5. The number of carbonyl (C=O) groups excluding carboxylic acids is 1. The van der Waals surface area contributed by atoms with Crippen LogP contribution in [0.2, 0.25) is 0 Å². The lowest BCUT2D eigenvalue weighted by atomic mass is 10.0. The van der Waals surface area contributed by atoms with Crippen molar-refractivity contribution in [2.45, 2.75) is 45.2 Å². The van der Waals surface area contributed by atoms with Gasteiger partial charge in [0, 0.05) is 18.6 Å². The minimum absolute atomic E-state index is 0.151. The molecule has 0 saturated carbocycles. The van der Waals surface area contributed by atoms with E-state index >= 15 is 0 Å². The van der Waals surface area contributed by atoms with Crippen molar-refractivity contribution in [2.24, 2.45) is 0 Å². The molecule has 0 aromatic rings. The van der Waals surface area contributed by atoms with Crippen molar-refractivity contribution in [1.29, 1.82) is 0 Å². The summed E-state index contributed by atoms with van der Waals surface area (Å²) in [7, 11) is 1.97. The number of nitrogens with one attached hydrogen (secondary N) is 2. The fourth-order valence-corrected chi connectivity index (χ4v) is 2.29. The lowest BCUT2D eigenvalue weighted by Crippen LogP contribution is -2.49. The van der Waals surface area contributed by atoms with Crippen LogP contribution in [0.5, 0.6) is 0 Å². The number of likely N-dealkylation sites (tertiary alicyclic amines) is 1. The second kappa shape index (κ2) is 6.86. The number of piperidine rings is 1. The monoisotopic (exact) mass is 227 g/mol. The van der Waals surface area contributed by atoms with Crippen LogP contribution in [0.3, 0.4) is 0 Å². The summed E-state index contributed by atoms with van der Waals surface area (Å²) in [5.74, 6) is 0.151. The van der Waals surface area contributed by atoms with Crippen LogP contribution in [0.4, 0.5) is 0 Å². The Bertz CT molecular complexity index is 216. The van der Waals surface area contributed by atoms with Gasteiger partial charge in [0.1, 0.15) is 0 Å². The molecular formula is C12H25N3O. The van der Waals surface area contributed by atoms with Crippen LogP contribution >= 0.6 is 0 Å². The highest BCUT2D eigenvalue weighted by Crippen LogP contribution is 2.15. The molecule has 0 aliphatic carbocycles. The SMILES string of the molecule is CNCC1CCCCN1CC(=O)NC(C)C. The Hall–Kier alpha value is -0.610. The number of amides is 1. The zero-order valence-electron chi connectivity index (χ0n) is 10.8. The van der Waals surface area contributed by atoms with E-state index in [0.717, 1.165) is 13.1 Å². The van der Waals surface area contributed by atoms with Crippen LogP contribution in [0, 0.1) is 0 Å². The summed E-state index contributed by atoms with van der Waals surface area (Å²) >= 11 is 0. The van der Waals surface area contributed by atoms with Crippen molar-refractivity contribution < 1.29 is 4.79 Å². The van der Waals surface area contributed by atoms with Crippen molar-refractivity contribution in [3.8, 4) is 0 Å². The van der Waals surface area contributed by atoms with Crippen molar-refractivity contribution in [3.05, 3.63) is 0 Å². The van der Waals surface area contributed by atoms with Crippen LogP contribution < -0.4 is 10.6 Å². The van der Waals surface area contributed by atoms with Crippen LogP contribution in [-0.4, -0.2) is 49.6 Å². The average Bonchev–Trinajstić information content (AvgIpc) is 2.20. The van der Waals surface area contributed by atoms with Gasteiger partial charge in [-0.3, -0.25) is 9.69 Å². The van der Waals surface area contributed by atoms with Gasteiger partial charge >= 0.3 is 0 Å². The Kier molecular flexibility index (Phi) is 5.77. The first-order valence-corrected chi connectivity index (χ1v) is 6.31. The van der Waals surface area contributed by atoms with Crippen molar-refractivity contribution in [2.75, 3.05) is 26.7 Å². The van der Waals surface area contributed by atoms with Gasteiger partial charge in [-0.25, -0.2) is 0 Å².